The molecule has 6 nitrogen and oxygen atoms in total. The van der Waals surface area contributed by atoms with Gasteiger partial charge in [-0.2, -0.15) is 5.10 Å². The van der Waals surface area contributed by atoms with Gasteiger partial charge in [-0.3, -0.25) is 9.78 Å². The minimum absolute atomic E-state index is 0.0798. The van der Waals surface area contributed by atoms with Crippen molar-refractivity contribution in [1.82, 2.24) is 10.4 Å². The molecule has 1 amide bonds. The molecule has 102 valence electrons. The van der Waals surface area contributed by atoms with Crippen molar-refractivity contribution in [3.63, 3.8) is 0 Å². The van der Waals surface area contributed by atoms with Crippen molar-refractivity contribution in [3.05, 3.63) is 30.1 Å². The van der Waals surface area contributed by atoms with E-state index in [2.05, 4.69) is 15.5 Å². The van der Waals surface area contributed by atoms with E-state index in [-0.39, 0.29) is 17.4 Å². The smallest absolute Gasteiger partial charge is 0.244 e. The molecule has 1 aliphatic rings. The van der Waals surface area contributed by atoms with Gasteiger partial charge >= 0.3 is 0 Å². The van der Waals surface area contributed by atoms with E-state index in [1.807, 2.05) is 6.07 Å². The van der Waals surface area contributed by atoms with Crippen molar-refractivity contribution in [2.45, 2.75) is 13.3 Å². The fourth-order valence-corrected chi connectivity index (χ4v) is 3.61. The summed E-state index contributed by atoms with van der Waals surface area (Å²) >= 11 is 0. The highest BCUT2D eigenvalue weighted by atomic mass is 32.2. The second-order valence-corrected chi connectivity index (χ2v) is 6.74. The molecule has 1 fully saturated rings. The van der Waals surface area contributed by atoms with Crippen LogP contribution in [0.25, 0.3) is 0 Å². The van der Waals surface area contributed by atoms with E-state index < -0.39 is 15.8 Å². The average Bonchev–Trinajstić information content (AvgIpc) is 2.77. The summed E-state index contributed by atoms with van der Waals surface area (Å²) in [5, 5.41) is 3.97. The summed E-state index contributed by atoms with van der Waals surface area (Å²) in [6.45, 7) is 1.75. The van der Waals surface area contributed by atoms with E-state index in [0.29, 0.717) is 12.1 Å². The maximum atomic E-state index is 11.8. The van der Waals surface area contributed by atoms with Gasteiger partial charge in [-0.1, -0.05) is 6.07 Å². The highest BCUT2D eigenvalue weighted by molar-refractivity contribution is 7.91. The van der Waals surface area contributed by atoms with Crippen LogP contribution in [0.15, 0.2) is 29.6 Å². The highest BCUT2D eigenvalue weighted by Gasteiger charge is 2.32. The largest absolute Gasteiger partial charge is 0.273 e. The lowest BCUT2D eigenvalue weighted by Crippen LogP contribution is -2.28. The minimum Gasteiger partial charge on any atom is -0.273 e. The molecule has 1 aromatic heterocycles. The third kappa shape index (κ3) is 3.60. The van der Waals surface area contributed by atoms with Gasteiger partial charge in [0, 0.05) is 18.0 Å². The fraction of sp³-hybridized carbons (Fsp3) is 0.417. The highest BCUT2D eigenvalue weighted by Crippen LogP contribution is 2.18. The number of pyridine rings is 1. The van der Waals surface area contributed by atoms with Crippen molar-refractivity contribution in [3.8, 4) is 0 Å². The first kappa shape index (κ1) is 13.7. The van der Waals surface area contributed by atoms with E-state index in [4.69, 9.17) is 0 Å². The summed E-state index contributed by atoms with van der Waals surface area (Å²) in [5.41, 5.74) is 3.85. The Morgan fingerprint density at radius 1 is 1.53 bits per heavy atom. The molecule has 1 aliphatic heterocycles. The molecule has 19 heavy (non-hydrogen) atoms. The van der Waals surface area contributed by atoms with Crippen LogP contribution in [0, 0.1) is 5.92 Å². The van der Waals surface area contributed by atoms with Crippen molar-refractivity contribution in [2.75, 3.05) is 11.5 Å². The number of carbonyl (C=O) groups excluding carboxylic acids is 1. The summed E-state index contributed by atoms with van der Waals surface area (Å²) in [6.07, 6.45) is 3.67. The Kier molecular flexibility index (Phi) is 3.94. The topological polar surface area (TPSA) is 88.5 Å². The van der Waals surface area contributed by atoms with E-state index in [1.165, 1.54) is 0 Å². The molecular formula is C12H15N3O3S. The molecule has 2 heterocycles. The first-order valence-electron chi connectivity index (χ1n) is 5.93. The van der Waals surface area contributed by atoms with Crippen molar-refractivity contribution < 1.29 is 13.2 Å². The van der Waals surface area contributed by atoms with Crippen molar-refractivity contribution >= 4 is 21.5 Å². The summed E-state index contributed by atoms with van der Waals surface area (Å²) < 4.78 is 22.6. The van der Waals surface area contributed by atoms with Gasteiger partial charge in [0.05, 0.1) is 23.1 Å². The molecule has 0 aliphatic carbocycles. The van der Waals surface area contributed by atoms with Crippen LogP contribution in [0.5, 0.6) is 0 Å². The zero-order valence-electron chi connectivity index (χ0n) is 10.5. The van der Waals surface area contributed by atoms with Gasteiger partial charge in [-0.15, -0.1) is 0 Å². The van der Waals surface area contributed by atoms with Crippen LogP contribution >= 0.6 is 0 Å². The normalized spacial score (nSPS) is 22.2. The standard InChI is InChI=1S/C12H15N3O3S/c1-9(10-3-2-5-13-7-10)14-15-12(16)11-4-6-19(17,18)8-11/h2-3,5,7,11H,4,6,8H2,1H3,(H,15,16)/b14-9-/t11-/m1/s1. The predicted molar refractivity (Wildman–Crippen MR) is 71.4 cm³/mol. The van der Waals surface area contributed by atoms with Crippen LogP contribution in [0.1, 0.15) is 18.9 Å². The van der Waals surface area contributed by atoms with Gasteiger partial charge in [-0.05, 0) is 19.4 Å². The number of hydrogen-bond donors (Lipinski definition) is 1. The molecule has 2 rings (SSSR count). The van der Waals surface area contributed by atoms with E-state index in [0.717, 1.165) is 5.56 Å². The van der Waals surface area contributed by atoms with Gasteiger partial charge in [-0.25, -0.2) is 13.8 Å². The lowest BCUT2D eigenvalue weighted by atomic mass is 10.1. The third-order valence-electron chi connectivity index (χ3n) is 3.02. The molecule has 1 aromatic rings. The molecule has 1 atom stereocenters. The Labute approximate surface area is 111 Å². The Morgan fingerprint density at radius 3 is 2.89 bits per heavy atom. The molecule has 0 radical (unpaired) electrons. The van der Waals surface area contributed by atoms with Crippen molar-refractivity contribution in [2.24, 2.45) is 11.0 Å². The van der Waals surface area contributed by atoms with Crippen LogP contribution < -0.4 is 5.43 Å². The second-order valence-electron chi connectivity index (χ2n) is 4.51. The SMILES string of the molecule is C/C(=N/NC(=O)[C@@H]1CCS(=O)(=O)C1)c1cccnc1. The van der Waals surface area contributed by atoms with Crippen molar-refractivity contribution in [1.29, 1.82) is 0 Å². The van der Waals surface area contributed by atoms with Crippen LogP contribution in [0.2, 0.25) is 0 Å². The molecule has 7 heteroatoms. The first-order valence-corrected chi connectivity index (χ1v) is 7.75. The lowest BCUT2D eigenvalue weighted by molar-refractivity contribution is -0.124. The number of hydrogen-bond acceptors (Lipinski definition) is 5. The summed E-state index contributed by atoms with van der Waals surface area (Å²) in [7, 11) is -3.05. The van der Waals surface area contributed by atoms with Crippen LogP contribution in [0.4, 0.5) is 0 Å². The number of carbonyl (C=O) groups is 1. The average molecular weight is 281 g/mol. The summed E-state index contributed by atoms with van der Waals surface area (Å²) in [6, 6.07) is 3.61. The Bertz CT molecular complexity index is 596. The number of sulfone groups is 1. The zero-order valence-corrected chi connectivity index (χ0v) is 11.4. The molecule has 1 saturated heterocycles. The lowest BCUT2D eigenvalue weighted by Gasteiger charge is -2.06. The van der Waals surface area contributed by atoms with Gasteiger partial charge in [0.1, 0.15) is 0 Å². The zero-order chi connectivity index (χ0) is 13.9. The Hall–Kier alpha value is -1.76. The molecular weight excluding hydrogens is 266 g/mol. The van der Waals surface area contributed by atoms with Gasteiger partial charge < -0.3 is 0 Å². The fourth-order valence-electron chi connectivity index (χ4n) is 1.87. The van der Waals surface area contributed by atoms with Crippen LogP contribution in [-0.2, 0) is 14.6 Å². The quantitative estimate of drug-likeness (QED) is 0.640. The number of aromatic nitrogens is 1. The molecule has 0 spiro atoms. The third-order valence-corrected chi connectivity index (χ3v) is 4.78. The van der Waals surface area contributed by atoms with Crippen LogP contribution in [0.3, 0.4) is 0 Å². The molecule has 1 N–H and O–H groups in total. The van der Waals surface area contributed by atoms with E-state index >= 15 is 0 Å². The van der Waals surface area contributed by atoms with Gasteiger partial charge in [0.15, 0.2) is 9.84 Å². The summed E-state index contributed by atoms with van der Waals surface area (Å²) in [4.78, 5) is 15.7. The molecule has 0 bridgehead atoms. The number of amides is 1. The minimum atomic E-state index is -3.05. The monoisotopic (exact) mass is 281 g/mol. The maximum absolute atomic E-state index is 11.8. The van der Waals surface area contributed by atoms with E-state index in [1.54, 1.807) is 25.4 Å². The molecule has 0 aromatic carbocycles. The first-order chi connectivity index (χ1) is 8.98. The van der Waals surface area contributed by atoms with Crippen LogP contribution in [-0.4, -0.2) is 36.5 Å². The predicted octanol–water partition coefficient (Wildman–Crippen LogP) is 0.357. The maximum Gasteiger partial charge on any atom is 0.244 e. The number of nitrogens with one attached hydrogen (secondary N) is 1. The number of rotatable bonds is 3. The van der Waals surface area contributed by atoms with Gasteiger partial charge in [0.25, 0.3) is 0 Å². The van der Waals surface area contributed by atoms with Gasteiger partial charge in [0.2, 0.25) is 5.91 Å². The van der Waals surface area contributed by atoms with E-state index in [9.17, 15) is 13.2 Å². The Balaban J connectivity index is 1.97. The molecule has 0 saturated carbocycles. The molecule has 0 unspecified atom stereocenters. The number of hydrazone groups is 1. The second kappa shape index (κ2) is 5.48. The number of nitrogens with zero attached hydrogens (tertiary/aromatic N) is 2. The Morgan fingerprint density at radius 2 is 2.32 bits per heavy atom. The summed E-state index contributed by atoms with van der Waals surface area (Å²) in [5.74, 6) is -0.837.